The maximum Gasteiger partial charge on any atom is 0.337 e. The summed E-state index contributed by atoms with van der Waals surface area (Å²) in [6, 6.07) is 4.35. The number of hydrogen-bond donors (Lipinski definition) is 0. The summed E-state index contributed by atoms with van der Waals surface area (Å²) in [4.78, 5) is 11.2. The summed E-state index contributed by atoms with van der Waals surface area (Å²) >= 11 is 0. The highest BCUT2D eigenvalue weighted by Gasteiger charge is 2.10. The number of ether oxygens (including phenoxy) is 3. The number of benzene rings is 1. The van der Waals surface area contributed by atoms with Crippen LogP contribution < -0.4 is 9.47 Å². The third kappa shape index (κ3) is 2.59. The number of methoxy groups -OCH3 is 2. The molecule has 0 saturated carbocycles. The van der Waals surface area contributed by atoms with Gasteiger partial charge in [0.15, 0.2) is 11.5 Å². The summed E-state index contributed by atoms with van der Waals surface area (Å²) in [5.74, 6) is 0.0447. The van der Waals surface area contributed by atoms with Gasteiger partial charge in [0.25, 0.3) is 0 Å². The van der Waals surface area contributed by atoms with Crippen LogP contribution in [0.3, 0.4) is 0 Å². The Kier molecular flexibility index (Phi) is 3.91. The molecule has 0 unspecified atom stereocenters. The van der Waals surface area contributed by atoms with Gasteiger partial charge in [0, 0.05) is 0 Å². The molecule has 82 valence electrons. The lowest BCUT2D eigenvalue weighted by molar-refractivity contribution is 0.0600. The van der Waals surface area contributed by atoms with Crippen LogP contribution in [-0.4, -0.2) is 27.0 Å². The maximum absolute atomic E-state index is 12.0. The van der Waals surface area contributed by atoms with E-state index in [9.17, 15) is 9.18 Å². The van der Waals surface area contributed by atoms with E-state index in [0.717, 1.165) is 0 Å². The molecule has 0 bridgehead atoms. The zero-order valence-corrected chi connectivity index (χ0v) is 8.45. The van der Waals surface area contributed by atoms with Gasteiger partial charge in [-0.2, -0.15) is 0 Å². The number of rotatable bonds is 4. The van der Waals surface area contributed by atoms with Crippen LogP contribution in [0.25, 0.3) is 0 Å². The average molecular weight is 214 g/mol. The van der Waals surface area contributed by atoms with Crippen molar-refractivity contribution in [1.29, 1.82) is 0 Å². The fourth-order valence-corrected chi connectivity index (χ4v) is 1.09. The van der Waals surface area contributed by atoms with Gasteiger partial charge >= 0.3 is 5.97 Å². The van der Waals surface area contributed by atoms with Crippen molar-refractivity contribution in [3.05, 3.63) is 23.8 Å². The van der Waals surface area contributed by atoms with E-state index in [1.807, 2.05) is 0 Å². The molecule has 15 heavy (non-hydrogen) atoms. The standard InChI is InChI=1S/C10H11FO4/c1-13-9-5-7(10(12)14-2)3-4-8(9)15-6-11/h3-5H,6H2,1-2H3. The Bertz CT molecular complexity index is 351. The molecule has 0 saturated heterocycles. The molecular weight excluding hydrogens is 203 g/mol. The molecule has 1 aromatic rings. The van der Waals surface area contributed by atoms with Crippen LogP contribution in [0, 0.1) is 0 Å². The first-order chi connectivity index (χ1) is 7.22. The zero-order chi connectivity index (χ0) is 11.3. The summed E-state index contributed by atoms with van der Waals surface area (Å²) in [6.45, 7) is -0.950. The Hall–Kier alpha value is -1.78. The lowest BCUT2D eigenvalue weighted by atomic mass is 10.2. The van der Waals surface area contributed by atoms with E-state index in [2.05, 4.69) is 9.47 Å². The number of alkyl halides is 1. The Balaban J connectivity index is 3.01. The van der Waals surface area contributed by atoms with E-state index in [-0.39, 0.29) is 11.5 Å². The fraction of sp³-hybridized carbons (Fsp3) is 0.300. The largest absolute Gasteiger partial charge is 0.493 e. The van der Waals surface area contributed by atoms with Gasteiger partial charge in [-0.3, -0.25) is 0 Å². The summed E-state index contributed by atoms with van der Waals surface area (Å²) in [7, 11) is 2.68. The van der Waals surface area contributed by atoms with Crippen molar-refractivity contribution < 1.29 is 23.4 Å². The van der Waals surface area contributed by atoms with Crippen LogP contribution in [0.1, 0.15) is 10.4 Å². The van der Waals surface area contributed by atoms with E-state index >= 15 is 0 Å². The van der Waals surface area contributed by atoms with E-state index in [4.69, 9.17) is 4.74 Å². The highest BCUT2D eigenvalue weighted by Crippen LogP contribution is 2.28. The number of carbonyl (C=O) groups is 1. The Labute approximate surface area is 86.6 Å². The second-order valence-corrected chi connectivity index (χ2v) is 2.61. The van der Waals surface area contributed by atoms with E-state index < -0.39 is 12.8 Å². The van der Waals surface area contributed by atoms with Crippen LogP contribution in [-0.2, 0) is 4.74 Å². The Morgan fingerprint density at radius 1 is 1.33 bits per heavy atom. The molecule has 0 amide bonds. The average Bonchev–Trinajstić information content (AvgIpc) is 2.29. The molecule has 0 radical (unpaired) electrons. The summed E-state index contributed by atoms with van der Waals surface area (Å²) in [6.07, 6.45) is 0. The van der Waals surface area contributed by atoms with Gasteiger partial charge in [0.2, 0.25) is 6.86 Å². The lowest BCUT2D eigenvalue weighted by Crippen LogP contribution is -2.02. The smallest absolute Gasteiger partial charge is 0.337 e. The third-order valence-corrected chi connectivity index (χ3v) is 1.79. The molecule has 5 heteroatoms. The fourth-order valence-electron chi connectivity index (χ4n) is 1.09. The minimum Gasteiger partial charge on any atom is -0.493 e. The van der Waals surface area contributed by atoms with Crippen molar-refractivity contribution in [3.63, 3.8) is 0 Å². The third-order valence-electron chi connectivity index (χ3n) is 1.79. The second-order valence-electron chi connectivity index (χ2n) is 2.61. The zero-order valence-electron chi connectivity index (χ0n) is 8.45. The number of hydrogen-bond acceptors (Lipinski definition) is 4. The van der Waals surface area contributed by atoms with Gasteiger partial charge in [-0.15, -0.1) is 0 Å². The van der Waals surface area contributed by atoms with Crippen molar-refractivity contribution in [3.8, 4) is 11.5 Å². The molecule has 4 nitrogen and oxygen atoms in total. The Morgan fingerprint density at radius 3 is 2.60 bits per heavy atom. The highest BCUT2D eigenvalue weighted by atomic mass is 19.1. The van der Waals surface area contributed by atoms with E-state index in [1.54, 1.807) is 0 Å². The van der Waals surface area contributed by atoms with Crippen molar-refractivity contribution >= 4 is 5.97 Å². The topological polar surface area (TPSA) is 44.8 Å². The predicted molar refractivity (Wildman–Crippen MR) is 50.9 cm³/mol. The predicted octanol–water partition coefficient (Wildman–Crippen LogP) is 1.79. The van der Waals surface area contributed by atoms with Gasteiger partial charge in [-0.05, 0) is 18.2 Å². The molecule has 0 heterocycles. The van der Waals surface area contributed by atoms with E-state index in [1.165, 1.54) is 32.4 Å². The van der Waals surface area contributed by atoms with E-state index in [0.29, 0.717) is 5.56 Å². The first-order valence-electron chi connectivity index (χ1n) is 4.18. The summed E-state index contributed by atoms with van der Waals surface area (Å²) in [5.41, 5.74) is 0.320. The first kappa shape index (κ1) is 11.3. The van der Waals surface area contributed by atoms with Crippen molar-refractivity contribution in [1.82, 2.24) is 0 Å². The molecule has 0 aliphatic heterocycles. The van der Waals surface area contributed by atoms with Crippen LogP contribution in [0.5, 0.6) is 11.5 Å². The van der Waals surface area contributed by atoms with Crippen LogP contribution in [0.15, 0.2) is 18.2 Å². The van der Waals surface area contributed by atoms with Crippen molar-refractivity contribution in [2.45, 2.75) is 0 Å². The van der Waals surface area contributed by atoms with Gasteiger partial charge < -0.3 is 14.2 Å². The minimum absolute atomic E-state index is 0.243. The molecule has 0 aliphatic carbocycles. The number of esters is 1. The van der Waals surface area contributed by atoms with Crippen molar-refractivity contribution in [2.75, 3.05) is 21.1 Å². The van der Waals surface area contributed by atoms with Gasteiger partial charge in [0.1, 0.15) is 0 Å². The van der Waals surface area contributed by atoms with Crippen LogP contribution in [0.2, 0.25) is 0 Å². The molecule has 0 fully saturated rings. The molecule has 1 rings (SSSR count). The summed E-state index contributed by atoms with van der Waals surface area (Å²) < 4.78 is 26.1. The monoisotopic (exact) mass is 214 g/mol. The lowest BCUT2D eigenvalue weighted by Gasteiger charge is -2.08. The number of halogens is 1. The van der Waals surface area contributed by atoms with Gasteiger partial charge in [-0.1, -0.05) is 0 Å². The second kappa shape index (κ2) is 5.19. The quantitative estimate of drug-likeness (QED) is 0.717. The van der Waals surface area contributed by atoms with Crippen LogP contribution in [0.4, 0.5) is 4.39 Å². The first-order valence-corrected chi connectivity index (χ1v) is 4.18. The molecule has 0 N–H and O–H groups in total. The maximum atomic E-state index is 12.0. The molecule has 0 spiro atoms. The minimum atomic E-state index is -0.950. The van der Waals surface area contributed by atoms with Crippen LogP contribution >= 0.6 is 0 Å². The van der Waals surface area contributed by atoms with Gasteiger partial charge in [-0.25, -0.2) is 9.18 Å². The SMILES string of the molecule is COC(=O)c1ccc(OCF)c(OC)c1. The molecule has 0 aliphatic rings. The summed E-state index contributed by atoms with van der Waals surface area (Å²) in [5, 5.41) is 0. The molecular formula is C10H11FO4. The highest BCUT2D eigenvalue weighted by molar-refractivity contribution is 5.90. The molecule has 0 aromatic heterocycles. The molecule has 0 atom stereocenters. The van der Waals surface area contributed by atoms with Gasteiger partial charge in [0.05, 0.1) is 19.8 Å². The molecule has 1 aromatic carbocycles. The normalized spacial score (nSPS) is 9.53. The number of carbonyl (C=O) groups excluding carboxylic acids is 1. The van der Waals surface area contributed by atoms with Crippen molar-refractivity contribution in [2.24, 2.45) is 0 Å². The Morgan fingerprint density at radius 2 is 2.07 bits per heavy atom.